The maximum absolute atomic E-state index is 4.74. The summed E-state index contributed by atoms with van der Waals surface area (Å²) in [5.41, 5.74) is 3.01. The predicted molar refractivity (Wildman–Crippen MR) is 90.3 cm³/mol. The van der Waals surface area contributed by atoms with E-state index in [0.29, 0.717) is 0 Å². The standard InChI is InChI=1S/C15H8Br3N/c16-10-7-5-9(6-8-10)15-14(18)13(17)11-3-1-2-4-12(11)19-15/h1-8H. The van der Waals surface area contributed by atoms with E-state index in [1.54, 1.807) is 0 Å². The molecule has 0 saturated carbocycles. The first-order valence-electron chi connectivity index (χ1n) is 5.66. The van der Waals surface area contributed by atoms with Gasteiger partial charge in [-0.1, -0.05) is 46.3 Å². The molecule has 0 unspecified atom stereocenters. The Hall–Kier alpha value is -0.710. The predicted octanol–water partition coefficient (Wildman–Crippen LogP) is 6.19. The number of nitrogens with zero attached hydrogens (tertiary/aromatic N) is 1. The van der Waals surface area contributed by atoms with E-state index in [4.69, 9.17) is 4.98 Å². The highest BCUT2D eigenvalue weighted by Gasteiger charge is 2.12. The van der Waals surface area contributed by atoms with Crippen molar-refractivity contribution in [3.05, 3.63) is 61.9 Å². The lowest BCUT2D eigenvalue weighted by Gasteiger charge is -2.09. The molecule has 1 nitrogen and oxygen atoms in total. The van der Waals surface area contributed by atoms with Crippen molar-refractivity contribution in [2.24, 2.45) is 0 Å². The van der Waals surface area contributed by atoms with Crippen molar-refractivity contribution in [3.8, 4) is 11.3 Å². The lowest BCUT2D eigenvalue weighted by Crippen LogP contribution is -1.89. The van der Waals surface area contributed by atoms with Crippen molar-refractivity contribution in [3.63, 3.8) is 0 Å². The summed E-state index contributed by atoms with van der Waals surface area (Å²) in [7, 11) is 0. The molecule has 0 radical (unpaired) electrons. The lowest BCUT2D eigenvalue weighted by atomic mass is 10.1. The molecular formula is C15H8Br3N. The zero-order valence-corrected chi connectivity index (χ0v) is 14.5. The Morgan fingerprint density at radius 3 is 2.16 bits per heavy atom. The minimum Gasteiger partial charge on any atom is -0.247 e. The molecule has 94 valence electrons. The number of rotatable bonds is 1. The number of hydrogen-bond donors (Lipinski definition) is 0. The van der Waals surface area contributed by atoms with Crippen LogP contribution in [0.4, 0.5) is 0 Å². The second kappa shape index (κ2) is 5.35. The van der Waals surface area contributed by atoms with Gasteiger partial charge in [0, 0.05) is 19.9 Å². The first kappa shape index (κ1) is 13.3. The topological polar surface area (TPSA) is 12.9 Å². The molecule has 1 aromatic heterocycles. The van der Waals surface area contributed by atoms with Gasteiger partial charge in [-0.25, -0.2) is 4.98 Å². The zero-order chi connectivity index (χ0) is 13.4. The summed E-state index contributed by atoms with van der Waals surface area (Å²) in [6.07, 6.45) is 0. The Bertz CT molecular complexity index is 751. The molecule has 0 spiro atoms. The Balaban J connectivity index is 2.29. The van der Waals surface area contributed by atoms with E-state index in [9.17, 15) is 0 Å². The molecule has 2 aromatic carbocycles. The number of para-hydroxylation sites is 1. The monoisotopic (exact) mass is 439 g/mol. The van der Waals surface area contributed by atoms with Crippen molar-refractivity contribution in [2.45, 2.75) is 0 Å². The number of aromatic nitrogens is 1. The molecule has 0 bridgehead atoms. The van der Waals surface area contributed by atoms with E-state index in [1.165, 1.54) is 0 Å². The van der Waals surface area contributed by atoms with Crippen LogP contribution in [0.2, 0.25) is 0 Å². The SMILES string of the molecule is Brc1ccc(-c2nc3ccccc3c(Br)c2Br)cc1. The van der Waals surface area contributed by atoms with E-state index in [2.05, 4.69) is 66.0 Å². The van der Waals surface area contributed by atoms with Crippen LogP contribution in [0.3, 0.4) is 0 Å². The van der Waals surface area contributed by atoms with Crippen molar-refractivity contribution < 1.29 is 0 Å². The van der Waals surface area contributed by atoms with Crippen LogP contribution < -0.4 is 0 Å². The summed E-state index contributed by atoms with van der Waals surface area (Å²) >= 11 is 10.7. The number of hydrogen-bond acceptors (Lipinski definition) is 1. The smallest absolute Gasteiger partial charge is 0.0863 e. The minimum absolute atomic E-state index is 0.943. The van der Waals surface area contributed by atoms with Crippen LogP contribution in [0.5, 0.6) is 0 Å². The van der Waals surface area contributed by atoms with Crippen molar-refractivity contribution in [1.82, 2.24) is 4.98 Å². The Morgan fingerprint density at radius 2 is 1.42 bits per heavy atom. The van der Waals surface area contributed by atoms with Crippen molar-refractivity contribution in [2.75, 3.05) is 0 Å². The molecule has 0 aliphatic rings. The number of pyridine rings is 1. The van der Waals surface area contributed by atoms with E-state index in [-0.39, 0.29) is 0 Å². The first-order chi connectivity index (χ1) is 9.16. The van der Waals surface area contributed by atoms with Gasteiger partial charge in [0.2, 0.25) is 0 Å². The fraction of sp³-hybridized carbons (Fsp3) is 0. The fourth-order valence-corrected chi connectivity index (χ4v) is 3.27. The normalized spacial score (nSPS) is 10.9. The van der Waals surface area contributed by atoms with Crippen molar-refractivity contribution >= 4 is 58.7 Å². The Morgan fingerprint density at radius 1 is 0.737 bits per heavy atom. The van der Waals surface area contributed by atoms with Crippen molar-refractivity contribution in [1.29, 1.82) is 0 Å². The third-order valence-electron chi connectivity index (χ3n) is 2.89. The molecule has 0 aliphatic carbocycles. The van der Waals surface area contributed by atoms with E-state index < -0.39 is 0 Å². The van der Waals surface area contributed by atoms with Crippen LogP contribution in [0.15, 0.2) is 61.9 Å². The quantitative estimate of drug-likeness (QED) is 0.438. The van der Waals surface area contributed by atoms with Gasteiger partial charge in [-0.2, -0.15) is 0 Å². The molecule has 3 rings (SSSR count). The number of halogens is 3. The Labute approximate surface area is 136 Å². The van der Waals surface area contributed by atoms with Gasteiger partial charge in [-0.15, -0.1) is 0 Å². The molecule has 0 amide bonds. The molecule has 0 N–H and O–H groups in total. The summed E-state index contributed by atoms with van der Waals surface area (Å²) in [6.45, 7) is 0. The van der Waals surface area contributed by atoms with Crippen LogP contribution in [-0.4, -0.2) is 4.98 Å². The second-order valence-electron chi connectivity index (χ2n) is 4.11. The third kappa shape index (κ3) is 2.49. The fourth-order valence-electron chi connectivity index (χ4n) is 1.95. The summed E-state index contributed by atoms with van der Waals surface area (Å²) in [5, 5.41) is 1.11. The van der Waals surface area contributed by atoms with Gasteiger partial charge in [0.25, 0.3) is 0 Å². The van der Waals surface area contributed by atoms with Gasteiger partial charge in [-0.05, 0) is 50.1 Å². The van der Waals surface area contributed by atoms with Crippen LogP contribution in [0.25, 0.3) is 22.2 Å². The first-order valence-corrected chi connectivity index (χ1v) is 8.04. The van der Waals surface area contributed by atoms with Gasteiger partial charge < -0.3 is 0 Å². The average molecular weight is 442 g/mol. The maximum atomic E-state index is 4.74. The zero-order valence-electron chi connectivity index (χ0n) is 9.70. The number of benzene rings is 2. The molecule has 0 atom stereocenters. The summed E-state index contributed by atoms with van der Waals surface area (Å²) in [5.74, 6) is 0. The molecule has 3 aromatic rings. The summed E-state index contributed by atoms with van der Waals surface area (Å²) in [6, 6.07) is 16.2. The van der Waals surface area contributed by atoms with Gasteiger partial charge >= 0.3 is 0 Å². The molecule has 1 heterocycles. The molecule has 19 heavy (non-hydrogen) atoms. The van der Waals surface area contributed by atoms with E-state index in [0.717, 1.165) is 35.6 Å². The lowest BCUT2D eigenvalue weighted by molar-refractivity contribution is 1.36. The van der Waals surface area contributed by atoms with Crippen LogP contribution in [0.1, 0.15) is 0 Å². The minimum atomic E-state index is 0.943. The van der Waals surface area contributed by atoms with Crippen LogP contribution in [-0.2, 0) is 0 Å². The van der Waals surface area contributed by atoms with Crippen LogP contribution in [0, 0.1) is 0 Å². The summed E-state index contributed by atoms with van der Waals surface area (Å²) < 4.78 is 3.08. The molecule has 0 fully saturated rings. The molecule has 0 saturated heterocycles. The highest BCUT2D eigenvalue weighted by atomic mass is 79.9. The van der Waals surface area contributed by atoms with Gasteiger partial charge in [0.05, 0.1) is 15.7 Å². The average Bonchev–Trinajstić information content (AvgIpc) is 2.44. The second-order valence-corrected chi connectivity index (χ2v) is 6.61. The number of fused-ring (bicyclic) bond motifs is 1. The summed E-state index contributed by atoms with van der Waals surface area (Å²) in [4.78, 5) is 4.74. The van der Waals surface area contributed by atoms with Gasteiger partial charge in [0.1, 0.15) is 0 Å². The molecule has 0 aliphatic heterocycles. The Kier molecular flexibility index (Phi) is 3.74. The van der Waals surface area contributed by atoms with Crippen LogP contribution >= 0.6 is 47.8 Å². The highest BCUT2D eigenvalue weighted by Crippen LogP contribution is 2.37. The molecule has 4 heteroatoms. The largest absolute Gasteiger partial charge is 0.247 e. The maximum Gasteiger partial charge on any atom is 0.0863 e. The van der Waals surface area contributed by atoms with Gasteiger partial charge in [-0.3, -0.25) is 0 Å². The highest BCUT2D eigenvalue weighted by molar-refractivity contribution is 9.13. The third-order valence-corrected chi connectivity index (χ3v) is 5.55. The molecular weight excluding hydrogens is 434 g/mol. The van der Waals surface area contributed by atoms with E-state index >= 15 is 0 Å². The van der Waals surface area contributed by atoms with E-state index in [1.807, 2.05) is 30.3 Å². The van der Waals surface area contributed by atoms with Gasteiger partial charge in [0.15, 0.2) is 0 Å².